The Labute approximate surface area is 136 Å². The van der Waals surface area contributed by atoms with Crippen molar-refractivity contribution < 1.29 is 4.79 Å². The molecule has 1 N–H and O–H groups in total. The average molecular weight is 375 g/mol. The molecule has 1 amide bonds. The summed E-state index contributed by atoms with van der Waals surface area (Å²) in [6, 6.07) is 0. The van der Waals surface area contributed by atoms with Gasteiger partial charge in [-0.2, -0.15) is 10.2 Å². The van der Waals surface area contributed by atoms with Gasteiger partial charge >= 0.3 is 0 Å². The molecule has 2 aromatic rings. The molecular formula is C13H17BrClN5O. The lowest BCUT2D eigenvalue weighted by molar-refractivity contribution is -0.121. The number of hydrogen-bond acceptors (Lipinski definition) is 3. The fraction of sp³-hybridized carbons (Fsp3) is 0.462. The quantitative estimate of drug-likeness (QED) is 0.789. The first-order valence-corrected chi connectivity index (χ1v) is 7.78. The smallest absolute Gasteiger partial charge is 0.241 e. The fourth-order valence-electron chi connectivity index (χ4n) is 1.85. The Balaban J connectivity index is 1.71. The van der Waals surface area contributed by atoms with Crippen molar-refractivity contribution in [2.75, 3.05) is 6.54 Å². The van der Waals surface area contributed by atoms with Gasteiger partial charge in [-0.25, -0.2) is 0 Å². The first kappa shape index (κ1) is 16.0. The maximum atomic E-state index is 11.8. The molecule has 21 heavy (non-hydrogen) atoms. The standard InChI is InChI=1S/C13H17BrClN5O/c1-9-11(14)7-19(18-9)5-3-4-16-13(21)8-20-10(2)12(15)6-17-20/h6-7H,3-5,8H2,1-2H3,(H,16,21). The minimum absolute atomic E-state index is 0.0734. The highest BCUT2D eigenvalue weighted by Crippen LogP contribution is 2.13. The Kier molecular flexibility index (Phi) is 5.41. The van der Waals surface area contributed by atoms with Crippen LogP contribution in [0.4, 0.5) is 0 Å². The molecule has 0 fully saturated rings. The van der Waals surface area contributed by atoms with E-state index in [1.807, 2.05) is 24.7 Å². The Morgan fingerprint density at radius 3 is 2.81 bits per heavy atom. The lowest BCUT2D eigenvalue weighted by Crippen LogP contribution is -2.29. The van der Waals surface area contributed by atoms with Crippen LogP contribution in [0.5, 0.6) is 0 Å². The molecular weight excluding hydrogens is 358 g/mol. The molecule has 0 aromatic carbocycles. The van der Waals surface area contributed by atoms with Crippen LogP contribution in [0.25, 0.3) is 0 Å². The third kappa shape index (κ3) is 4.31. The van der Waals surface area contributed by atoms with Crippen LogP contribution in [0, 0.1) is 13.8 Å². The minimum Gasteiger partial charge on any atom is -0.354 e. The predicted molar refractivity (Wildman–Crippen MR) is 84.3 cm³/mol. The molecule has 0 bridgehead atoms. The molecule has 2 aromatic heterocycles. The molecule has 0 aliphatic heterocycles. The predicted octanol–water partition coefficient (Wildman–Crippen LogP) is 2.32. The van der Waals surface area contributed by atoms with Gasteiger partial charge in [0.2, 0.25) is 5.91 Å². The summed E-state index contributed by atoms with van der Waals surface area (Å²) in [5.74, 6) is -0.0734. The number of amides is 1. The zero-order valence-electron chi connectivity index (χ0n) is 11.9. The van der Waals surface area contributed by atoms with Crippen molar-refractivity contribution in [2.45, 2.75) is 33.4 Å². The molecule has 0 atom stereocenters. The first-order valence-electron chi connectivity index (χ1n) is 6.61. The second-order valence-corrected chi connectivity index (χ2v) is 6.03. The molecule has 114 valence electrons. The van der Waals surface area contributed by atoms with Crippen molar-refractivity contribution in [2.24, 2.45) is 0 Å². The second-order valence-electron chi connectivity index (χ2n) is 4.76. The molecule has 0 spiro atoms. The fourth-order valence-corrected chi connectivity index (χ4v) is 2.31. The van der Waals surface area contributed by atoms with Crippen molar-refractivity contribution in [3.63, 3.8) is 0 Å². The maximum Gasteiger partial charge on any atom is 0.241 e. The highest BCUT2D eigenvalue weighted by Gasteiger charge is 2.08. The van der Waals surface area contributed by atoms with Crippen molar-refractivity contribution in [1.29, 1.82) is 0 Å². The zero-order valence-corrected chi connectivity index (χ0v) is 14.3. The van der Waals surface area contributed by atoms with E-state index in [0.29, 0.717) is 11.6 Å². The van der Waals surface area contributed by atoms with Gasteiger partial charge < -0.3 is 5.32 Å². The number of carbonyl (C=O) groups excluding carboxylic acids is 1. The van der Waals surface area contributed by atoms with E-state index in [-0.39, 0.29) is 12.5 Å². The Bertz CT molecular complexity index is 617. The Hall–Kier alpha value is -1.34. The molecule has 0 radical (unpaired) electrons. The zero-order chi connectivity index (χ0) is 15.4. The first-order chi connectivity index (χ1) is 9.97. The van der Waals surface area contributed by atoms with E-state index in [4.69, 9.17) is 11.6 Å². The van der Waals surface area contributed by atoms with E-state index in [9.17, 15) is 4.79 Å². The molecule has 6 nitrogen and oxygen atoms in total. The van der Waals surface area contributed by atoms with E-state index < -0.39 is 0 Å². The summed E-state index contributed by atoms with van der Waals surface area (Å²) in [7, 11) is 0. The summed E-state index contributed by atoms with van der Waals surface area (Å²) in [4.78, 5) is 11.8. The SMILES string of the molecule is Cc1nn(CCCNC(=O)Cn2ncc(Cl)c2C)cc1Br. The van der Waals surface area contributed by atoms with Crippen LogP contribution < -0.4 is 5.32 Å². The Morgan fingerprint density at radius 1 is 1.48 bits per heavy atom. The summed E-state index contributed by atoms with van der Waals surface area (Å²) in [5.41, 5.74) is 1.76. The minimum atomic E-state index is -0.0734. The summed E-state index contributed by atoms with van der Waals surface area (Å²) >= 11 is 9.31. The number of nitrogens with zero attached hydrogens (tertiary/aromatic N) is 4. The van der Waals surface area contributed by atoms with Gasteiger partial charge in [0.25, 0.3) is 0 Å². The van der Waals surface area contributed by atoms with Crippen molar-refractivity contribution in [1.82, 2.24) is 24.9 Å². The lowest BCUT2D eigenvalue weighted by Gasteiger charge is -2.07. The average Bonchev–Trinajstić information content (AvgIpc) is 2.92. The topological polar surface area (TPSA) is 64.7 Å². The van der Waals surface area contributed by atoms with Crippen LogP contribution in [-0.4, -0.2) is 32.0 Å². The van der Waals surface area contributed by atoms with Crippen molar-refractivity contribution in [3.05, 3.63) is 33.3 Å². The van der Waals surface area contributed by atoms with Crippen LogP contribution in [0.1, 0.15) is 17.8 Å². The molecule has 0 aliphatic rings. The van der Waals surface area contributed by atoms with Gasteiger partial charge in [-0.15, -0.1) is 0 Å². The summed E-state index contributed by atoms with van der Waals surface area (Å²) in [6.07, 6.45) is 4.30. The van der Waals surface area contributed by atoms with E-state index >= 15 is 0 Å². The number of halogens is 2. The number of carbonyl (C=O) groups is 1. The van der Waals surface area contributed by atoms with Crippen molar-refractivity contribution in [3.8, 4) is 0 Å². The van der Waals surface area contributed by atoms with Gasteiger partial charge in [-0.1, -0.05) is 11.6 Å². The van der Waals surface area contributed by atoms with E-state index in [1.165, 1.54) is 0 Å². The van der Waals surface area contributed by atoms with Gasteiger partial charge in [-0.3, -0.25) is 14.2 Å². The number of aromatic nitrogens is 4. The molecule has 0 unspecified atom stereocenters. The van der Waals surface area contributed by atoms with E-state index in [1.54, 1.807) is 10.9 Å². The molecule has 0 aliphatic carbocycles. The van der Waals surface area contributed by atoms with Gasteiger partial charge in [-0.05, 0) is 36.2 Å². The highest BCUT2D eigenvalue weighted by molar-refractivity contribution is 9.10. The molecule has 2 rings (SSSR count). The van der Waals surface area contributed by atoms with Crippen LogP contribution in [-0.2, 0) is 17.9 Å². The number of nitrogens with one attached hydrogen (secondary N) is 1. The van der Waals surface area contributed by atoms with E-state index in [0.717, 1.165) is 28.8 Å². The third-order valence-electron chi connectivity index (χ3n) is 3.11. The summed E-state index contributed by atoms with van der Waals surface area (Å²) < 4.78 is 4.45. The van der Waals surface area contributed by atoms with Crippen LogP contribution in [0.15, 0.2) is 16.9 Å². The third-order valence-corrected chi connectivity index (χ3v) is 4.26. The Morgan fingerprint density at radius 2 is 2.24 bits per heavy atom. The van der Waals surface area contributed by atoms with Crippen LogP contribution in [0.2, 0.25) is 5.02 Å². The highest BCUT2D eigenvalue weighted by atomic mass is 79.9. The lowest BCUT2D eigenvalue weighted by atomic mass is 10.4. The van der Waals surface area contributed by atoms with Gasteiger partial charge in [0.15, 0.2) is 0 Å². The molecule has 8 heteroatoms. The van der Waals surface area contributed by atoms with Gasteiger partial charge in [0, 0.05) is 19.3 Å². The van der Waals surface area contributed by atoms with Crippen LogP contribution in [0.3, 0.4) is 0 Å². The second kappa shape index (κ2) is 7.09. The number of rotatable bonds is 6. The van der Waals surface area contributed by atoms with Crippen LogP contribution >= 0.6 is 27.5 Å². The largest absolute Gasteiger partial charge is 0.354 e. The number of aryl methyl sites for hydroxylation is 2. The summed E-state index contributed by atoms with van der Waals surface area (Å²) in [5, 5.41) is 11.8. The summed E-state index contributed by atoms with van der Waals surface area (Å²) in [6.45, 7) is 5.33. The molecule has 0 saturated carbocycles. The molecule has 0 saturated heterocycles. The monoisotopic (exact) mass is 373 g/mol. The number of hydrogen-bond donors (Lipinski definition) is 1. The maximum absolute atomic E-state index is 11.8. The molecule has 2 heterocycles. The van der Waals surface area contributed by atoms with Gasteiger partial charge in [0.1, 0.15) is 6.54 Å². The van der Waals surface area contributed by atoms with E-state index in [2.05, 4.69) is 31.4 Å². The van der Waals surface area contributed by atoms with Crippen molar-refractivity contribution >= 4 is 33.4 Å². The normalized spacial score (nSPS) is 10.9. The van der Waals surface area contributed by atoms with Gasteiger partial charge in [0.05, 0.1) is 27.1 Å².